The number of benzene rings is 2. The van der Waals surface area contributed by atoms with E-state index in [1.165, 1.54) is 0 Å². The van der Waals surface area contributed by atoms with Crippen LogP contribution in [-0.2, 0) is 0 Å². The van der Waals surface area contributed by atoms with E-state index in [2.05, 4.69) is 25.9 Å². The first-order valence-corrected chi connectivity index (χ1v) is 6.66. The zero-order valence-corrected chi connectivity index (χ0v) is 11.6. The van der Waals surface area contributed by atoms with Gasteiger partial charge in [0.1, 0.15) is 6.10 Å². The number of aromatic nitrogens is 2. The molecule has 1 unspecified atom stereocenters. The number of hydrogen-bond acceptors (Lipinski definition) is 3. The fourth-order valence-electron chi connectivity index (χ4n) is 2.03. The summed E-state index contributed by atoms with van der Waals surface area (Å²) >= 11 is 3.45. The number of aliphatic hydroxyl groups is 1. The van der Waals surface area contributed by atoms with Gasteiger partial charge in [-0.1, -0.05) is 34.1 Å². The average Bonchev–Trinajstić information content (AvgIpc) is 2.47. The molecule has 0 spiro atoms. The van der Waals surface area contributed by atoms with Gasteiger partial charge in [0, 0.05) is 16.9 Å². The molecule has 4 heteroatoms. The Morgan fingerprint density at radius 1 is 1.00 bits per heavy atom. The summed E-state index contributed by atoms with van der Waals surface area (Å²) in [5.74, 6) is 0. The van der Waals surface area contributed by atoms with Crippen molar-refractivity contribution in [1.82, 2.24) is 9.97 Å². The van der Waals surface area contributed by atoms with Gasteiger partial charge in [0.2, 0.25) is 0 Å². The molecule has 0 aliphatic heterocycles. The molecule has 1 heterocycles. The quantitative estimate of drug-likeness (QED) is 0.787. The highest BCUT2D eigenvalue weighted by Gasteiger charge is 2.12. The lowest BCUT2D eigenvalue weighted by Gasteiger charge is -2.11. The van der Waals surface area contributed by atoms with Gasteiger partial charge in [0.05, 0.1) is 11.9 Å². The third-order valence-electron chi connectivity index (χ3n) is 3.01. The SMILES string of the molecule is OC(c1ccc2cc(Br)ccc2c1)c1cnccn1. The normalized spacial score (nSPS) is 12.5. The second-order valence-corrected chi connectivity index (χ2v) is 5.20. The number of hydrogen-bond donors (Lipinski definition) is 1. The highest BCUT2D eigenvalue weighted by atomic mass is 79.9. The van der Waals surface area contributed by atoms with Gasteiger partial charge in [0.25, 0.3) is 0 Å². The maximum atomic E-state index is 10.3. The van der Waals surface area contributed by atoms with E-state index in [-0.39, 0.29) is 0 Å². The van der Waals surface area contributed by atoms with Crippen molar-refractivity contribution in [3.63, 3.8) is 0 Å². The average molecular weight is 315 g/mol. The molecule has 3 rings (SSSR count). The minimum Gasteiger partial charge on any atom is -0.382 e. The molecule has 2 aromatic carbocycles. The minimum absolute atomic E-state index is 0.555. The van der Waals surface area contributed by atoms with Crippen molar-refractivity contribution < 1.29 is 5.11 Å². The van der Waals surface area contributed by atoms with Gasteiger partial charge in [-0.15, -0.1) is 0 Å². The van der Waals surface area contributed by atoms with Crippen LogP contribution >= 0.6 is 15.9 Å². The summed E-state index contributed by atoms with van der Waals surface area (Å²) in [4.78, 5) is 8.11. The van der Waals surface area contributed by atoms with Crippen molar-refractivity contribution >= 4 is 26.7 Å². The summed E-state index contributed by atoms with van der Waals surface area (Å²) in [7, 11) is 0. The van der Waals surface area contributed by atoms with E-state index in [9.17, 15) is 5.11 Å². The van der Waals surface area contributed by atoms with Crippen molar-refractivity contribution in [1.29, 1.82) is 0 Å². The highest BCUT2D eigenvalue weighted by molar-refractivity contribution is 9.10. The molecule has 1 N–H and O–H groups in total. The first-order chi connectivity index (χ1) is 9.24. The molecule has 0 fully saturated rings. The van der Waals surface area contributed by atoms with Crippen LogP contribution in [0.2, 0.25) is 0 Å². The Kier molecular flexibility index (Phi) is 3.27. The standard InChI is InChI=1S/C15H11BrN2O/c16-13-4-3-10-7-12(2-1-11(10)8-13)15(19)14-9-17-5-6-18-14/h1-9,15,19H. The van der Waals surface area contributed by atoms with Gasteiger partial charge >= 0.3 is 0 Å². The Hall–Kier alpha value is -1.78. The van der Waals surface area contributed by atoms with Crippen LogP contribution in [-0.4, -0.2) is 15.1 Å². The van der Waals surface area contributed by atoms with Crippen molar-refractivity contribution in [2.24, 2.45) is 0 Å². The second-order valence-electron chi connectivity index (χ2n) is 4.28. The van der Waals surface area contributed by atoms with E-state index in [0.717, 1.165) is 20.8 Å². The molecular formula is C15H11BrN2O. The van der Waals surface area contributed by atoms with Crippen LogP contribution in [0.25, 0.3) is 10.8 Å². The van der Waals surface area contributed by atoms with E-state index in [4.69, 9.17) is 0 Å². The van der Waals surface area contributed by atoms with Gasteiger partial charge < -0.3 is 5.11 Å². The Morgan fingerprint density at radius 2 is 1.79 bits per heavy atom. The highest BCUT2D eigenvalue weighted by Crippen LogP contribution is 2.25. The summed E-state index contributed by atoms with van der Waals surface area (Å²) in [5, 5.41) is 12.5. The lowest BCUT2D eigenvalue weighted by Crippen LogP contribution is -2.02. The second kappa shape index (κ2) is 5.07. The van der Waals surface area contributed by atoms with Gasteiger partial charge in [-0.05, 0) is 34.5 Å². The largest absolute Gasteiger partial charge is 0.382 e. The number of fused-ring (bicyclic) bond motifs is 1. The fourth-order valence-corrected chi connectivity index (χ4v) is 2.41. The van der Waals surface area contributed by atoms with E-state index in [1.54, 1.807) is 18.6 Å². The Balaban J connectivity index is 2.04. The molecule has 0 radical (unpaired) electrons. The van der Waals surface area contributed by atoms with Crippen LogP contribution in [0, 0.1) is 0 Å². The zero-order chi connectivity index (χ0) is 13.2. The third-order valence-corrected chi connectivity index (χ3v) is 3.50. The molecule has 3 nitrogen and oxygen atoms in total. The molecule has 0 saturated carbocycles. The van der Waals surface area contributed by atoms with Crippen LogP contribution in [0.4, 0.5) is 0 Å². The predicted molar refractivity (Wildman–Crippen MR) is 77.7 cm³/mol. The molecule has 0 saturated heterocycles. The van der Waals surface area contributed by atoms with Crippen LogP contribution in [0.5, 0.6) is 0 Å². The van der Waals surface area contributed by atoms with E-state index in [1.807, 2.05) is 36.4 Å². The number of halogens is 1. The molecule has 0 bridgehead atoms. The van der Waals surface area contributed by atoms with Crippen molar-refractivity contribution in [2.75, 3.05) is 0 Å². The summed E-state index contributed by atoms with van der Waals surface area (Å²) in [6.07, 6.45) is 4.00. The molecule has 1 atom stereocenters. The van der Waals surface area contributed by atoms with Crippen LogP contribution < -0.4 is 0 Å². The first-order valence-electron chi connectivity index (χ1n) is 5.87. The molecule has 3 aromatic rings. The van der Waals surface area contributed by atoms with Crippen LogP contribution in [0.15, 0.2) is 59.5 Å². The van der Waals surface area contributed by atoms with Gasteiger partial charge in [-0.3, -0.25) is 9.97 Å². The summed E-state index contributed by atoms with van der Waals surface area (Å²) in [6.45, 7) is 0. The van der Waals surface area contributed by atoms with Crippen molar-refractivity contribution in [3.8, 4) is 0 Å². The number of rotatable bonds is 2. The number of nitrogens with zero attached hydrogens (tertiary/aromatic N) is 2. The van der Waals surface area contributed by atoms with Crippen molar-refractivity contribution in [3.05, 3.63) is 70.7 Å². The molecule has 0 amide bonds. The number of aliphatic hydroxyl groups excluding tert-OH is 1. The minimum atomic E-state index is -0.748. The smallest absolute Gasteiger partial charge is 0.123 e. The van der Waals surface area contributed by atoms with Gasteiger partial charge in [-0.25, -0.2) is 0 Å². The third kappa shape index (κ3) is 2.50. The topological polar surface area (TPSA) is 46.0 Å². The molecule has 0 aliphatic carbocycles. The van der Waals surface area contributed by atoms with E-state index in [0.29, 0.717) is 5.69 Å². The summed E-state index contributed by atoms with van der Waals surface area (Å²) in [5.41, 5.74) is 1.37. The lowest BCUT2D eigenvalue weighted by molar-refractivity contribution is 0.215. The molecule has 94 valence electrons. The summed E-state index contributed by atoms with van der Waals surface area (Å²) < 4.78 is 1.04. The maximum Gasteiger partial charge on any atom is 0.123 e. The van der Waals surface area contributed by atoms with E-state index < -0.39 is 6.10 Å². The summed E-state index contributed by atoms with van der Waals surface area (Å²) in [6, 6.07) is 11.9. The monoisotopic (exact) mass is 314 g/mol. The fraction of sp³-hybridized carbons (Fsp3) is 0.0667. The van der Waals surface area contributed by atoms with Gasteiger partial charge in [-0.2, -0.15) is 0 Å². The van der Waals surface area contributed by atoms with Gasteiger partial charge in [0.15, 0.2) is 0 Å². The van der Waals surface area contributed by atoms with Crippen LogP contribution in [0.3, 0.4) is 0 Å². The zero-order valence-electron chi connectivity index (χ0n) is 9.99. The first kappa shape index (κ1) is 12.3. The lowest BCUT2D eigenvalue weighted by atomic mass is 10.0. The van der Waals surface area contributed by atoms with Crippen LogP contribution in [0.1, 0.15) is 17.4 Å². The maximum absolute atomic E-state index is 10.3. The molecule has 0 aliphatic rings. The van der Waals surface area contributed by atoms with E-state index >= 15 is 0 Å². The Morgan fingerprint density at radius 3 is 2.58 bits per heavy atom. The molecule has 19 heavy (non-hydrogen) atoms. The molecular weight excluding hydrogens is 304 g/mol. The Bertz CT molecular complexity index is 716. The van der Waals surface area contributed by atoms with Crippen molar-refractivity contribution in [2.45, 2.75) is 6.10 Å². The molecule has 1 aromatic heterocycles. The predicted octanol–water partition coefficient (Wildman–Crippen LogP) is 3.47. The Labute approximate surface area is 119 Å².